The second-order valence-electron chi connectivity index (χ2n) is 7.98. The van der Waals surface area contributed by atoms with E-state index in [1.54, 1.807) is 53.4 Å². The molecule has 4 rings (SSSR count). The van der Waals surface area contributed by atoms with Crippen molar-refractivity contribution < 1.29 is 19.5 Å². The lowest BCUT2D eigenvalue weighted by molar-refractivity contribution is -0.129. The third-order valence-corrected chi connectivity index (χ3v) is 7.09. The molecule has 0 radical (unpaired) electrons. The van der Waals surface area contributed by atoms with Gasteiger partial charge in [-0.1, -0.05) is 53.2 Å². The molecule has 10 heteroatoms. The number of amidine groups is 1. The summed E-state index contributed by atoms with van der Waals surface area (Å²) in [5, 5.41) is 12.8. The molecule has 1 fully saturated rings. The zero-order chi connectivity index (χ0) is 25.7. The van der Waals surface area contributed by atoms with Crippen LogP contribution >= 0.6 is 35.0 Å². The van der Waals surface area contributed by atoms with Crippen molar-refractivity contribution in [3.8, 4) is 0 Å². The van der Waals surface area contributed by atoms with Crippen LogP contribution in [0.5, 0.6) is 0 Å². The predicted octanol–water partition coefficient (Wildman–Crippen LogP) is 5.89. The van der Waals surface area contributed by atoms with Gasteiger partial charge in [0, 0.05) is 28.7 Å². The van der Waals surface area contributed by atoms with Crippen LogP contribution in [-0.4, -0.2) is 44.8 Å². The Morgan fingerprint density at radius 1 is 1.03 bits per heavy atom. The highest BCUT2D eigenvalue weighted by molar-refractivity contribution is 8.15. The fourth-order valence-corrected chi connectivity index (χ4v) is 4.91. The summed E-state index contributed by atoms with van der Waals surface area (Å²) in [5.74, 6) is -1.73. The number of carboxylic acid groups (broad SMARTS) is 1. The van der Waals surface area contributed by atoms with Crippen LogP contribution in [-0.2, 0) is 16.0 Å². The van der Waals surface area contributed by atoms with E-state index in [4.69, 9.17) is 23.2 Å². The van der Waals surface area contributed by atoms with Gasteiger partial charge >= 0.3 is 5.97 Å². The largest absolute Gasteiger partial charge is 0.478 e. The average Bonchev–Trinajstić information content (AvgIpc) is 2.86. The van der Waals surface area contributed by atoms with Crippen molar-refractivity contribution >= 4 is 69.3 Å². The fourth-order valence-electron chi connectivity index (χ4n) is 3.53. The number of carbonyl (C=O) groups excluding carboxylic acids is 2. The summed E-state index contributed by atoms with van der Waals surface area (Å²) < 4.78 is 0. The third kappa shape index (κ3) is 6.66. The first kappa shape index (κ1) is 25.8. The number of hydrogen-bond acceptors (Lipinski definition) is 5. The fraction of sp³-hybridized carbons (Fsp3) is 0.154. The highest BCUT2D eigenvalue weighted by atomic mass is 35.5. The molecule has 0 bridgehead atoms. The highest BCUT2D eigenvalue weighted by Crippen LogP contribution is 2.30. The van der Waals surface area contributed by atoms with Gasteiger partial charge in [-0.05, 0) is 66.6 Å². The molecule has 1 aliphatic rings. The smallest absolute Gasteiger partial charge is 0.335 e. The minimum Gasteiger partial charge on any atom is -0.478 e. The van der Waals surface area contributed by atoms with Crippen molar-refractivity contribution in [3.63, 3.8) is 0 Å². The molecule has 36 heavy (non-hydrogen) atoms. The Hall–Kier alpha value is -3.33. The van der Waals surface area contributed by atoms with Crippen LogP contribution in [0.2, 0.25) is 10.0 Å². The molecule has 3 aromatic carbocycles. The lowest BCUT2D eigenvalue weighted by atomic mass is 10.1. The molecule has 7 nitrogen and oxygen atoms in total. The zero-order valence-electron chi connectivity index (χ0n) is 18.9. The maximum atomic E-state index is 13.2. The van der Waals surface area contributed by atoms with Gasteiger partial charge in [0.15, 0.2) is 5.17 Å². The van der Waals surface area contributed by atoms with Crippen LogP contribution in [0.15, 0.2) is 77.8 Å². The van der Waals surface area contributed by atoms with Gasteiger partial charge in [0.2, 0.25) is 11.8 Å². The van der Waals surface area contributed by atoms with E-state index in [1.807, 2.05) is 12.1 Å². The van der Waals surface area contributed by atoms with Crippen molar-refractivity contribution in [2.24, 2.45) is 4.99 Å². The number of anilines is 1. The van der Waals surface area contributed by atoms with Crippen molar-refractivity contribution in [3.05, 3.63) is 94.0 Å². The van der Waals surface area contributed by atoms with Crippen LogP contribution in [0.25, 0.3) is 0 Å². The number of nitrogens with zero attached hydrogens (tertiary/aromatic N) is 2. The van der Waals surface area contributed by atoms with Gasteiger partial charge in [0.05, 0.1) is 11.3 Å². The molecule has 1 atom stereocenters. The zero-order valence-corrected chi connectivity index (χ0v) is 21.2. The lowest BCUT2D eigenvalue weighted by Gasteiger charge is -2.32. The molecule has 1 aliphatic heterocycles. The lowest BCUT2D eigenvalue weighted by Crippen LogP contribution is -2.46. The van der Waals surface area contributed by atoms with Crippen LogP contribution in [0.4, 0.5) is 11.4 Å². The van der Waals surface area contributed by atoms with E-state index in [1.165, 1.54) is 23.9 Å². The molecule has 1 saturated heterocycles. The molecule has 2 N–H and O–H groups in total. The van der Waals surface area contributed by atoms with Crippen molar-refractivity contribution in [1.29, 1.82) is 0 Å². The minimum absolute atomic E-state index is 0.0185. The number of thioether (sulfide) groups is 1. The third-order valence-electron chi connectivity index (χ3n) is 5.40. The summed E-state index contributed by atoms with van der Waals surface area (Å²) in [6, 6.07) is 20.2. The summed E-state index contributed by atoms with van der Waals surface area (Å²) in [6.45, 7) is 0.384. The molecule has 3 aromatic rings. The van der Waals surface area contributed by atoms with Crippen LogP contribution in [0, 0.1) is 0 Å². The molecule has 0 spiro atoms. The van der Waals surface area contributed by atoms with Gasteiger partial charge in [0.1, 0.15) is 5.25 Å². The molecule has 184 valence electrons. The first-order chi connectivity index (χ1) is 17.3. The van der Waals surface area contributed by atoms with Crippen molar-refractivity contribution in [2.45, 2.75) is 18.1 Å². The molecule has 1 unspecified atom stereocenters. The molecule has 2 amide bonds. The first-order valence-electron chi connectivity index (χ1n) is 11.0. The predicted molar refractivity (Wildman–Crippen MR) is 143 cm³/mol. The maximum Gasteiger partial charge on any atom is 0.335 e. The standard InChI is InChI=1S/C26H21Cl2N3O4S/c27-18-6-4-16(5-7-18)12-13-31-23(32)15-22(36-26(31)30-20-10-8-19(28)9-11-20)24(33)29-21-3-1-2-17(14-21)25(34)35/h1-11,14,22H,12-13,15H2,(H,29,33)(H,34,35). The Morgan fingerprint density at radius 3 is 2.36 bits per heavy atom. The number of halogens is 2. The Balaban J connectivity index is 1.54. The number of hydrogen-bond donors (Lipinski definition) is 2. The normalized spacial score (nSPS) is 16.7. The van der Waals surface area contributed by atoms with Gasteiger partial charge in [-0.15, -0.1) is 0 Å². The second kappa shape index (κ2) is 11.6. The Labute approximate surface area is 222 Å². The van der Waals surface area contributed by atoms with E-state index in [0.717, 1.165) is 5.56 Å². The molecule has 0 aliphatic carbocycles. The van der Waals surface area contributed by atoms with E-state index < -0.39 is 17.1 Å². The van der Waals surface area contributed by atoms with Crippen LogP contribution in [0.3, 0.4) is 0 Å². The quantitative estimate of drug-likeness (QED) is 0.388. The summed E-state index contributed by atoms with van der Waals surface area (Å²) in [4.78, 5) is 43.7. The second-order valence-corrected chi connectivity index (χ2v) is 10.0. The number of rotatable bonds is 7. The Morgan fingerprint density at radius 2 is 1.69 bits per heavy atom. The van der Waals surface area contributed by atoms with Crippen molar-refractivity contribution in [2.75, 3.05) is 11.9 Å². The Bertz CT molecular complexity index is 1310. The molecule has 1 heterocycles. The summed E-state index contributed by atoms with van der Waals surface area (Å²) >= 11 is 13.2. The molecular weight excluding hydrogens is 521 g/mol. The van der Waals surface area contributed by atoms with E-state index >= 15 is 0 Å². The maximum absolute atomic E-state index is 13.2. The summed E-state index contributed by atoms with van der Waals surface area (Å²) in [7, 11) is 0. The van der Waals surface area contributed by atoms with Crippen LogP contribution < -0.4 is 5.32 Å². The topological polar surface area (TPSA) is 99.1 Å². The number of aliphatic imine (C=N–C) groups is 1. The Kier molecular flexibility index (Phi) is 8.30. The van der Waals surface area contributed by atoms with Gasteiger partial charge in [-0.3, -0.25) is 14.5 Å². The number of carbonyl (C=O) groups is 3. The highest BCUT2D eigenvalue weighted by Gasteiger charge is 2.35. The van der Waals surface area contributed by atoms with Gasteiger partial charge in [-0.25, -0.2) is 9.79 Å². The monoisotopic (exact) mass is 541 g/mol. The van der Waals surface area contributed by atoms with Gasteiger partial charge < -0.3 is 10.4 Å². The number of nitrogens with one attached hydrogen (secondary N) is 1. The summed E-state index contributed by atoms with van der Waals surface area (Å²) in [5.41, 5.74) is 2.01. The van der Waals surface area contributed by atoms with E-state index in [2.05, 4.69) is 10.3 Å². The molecule has 0 saturated carbocycles. The molecular formula is C26H21Cl2N3O4S. The average molecular weight is 542 g/mol. The van der Waals surface area contributed by atoms with E-state index in [-0.39, 0.29) is 17.9 Å². The van der Waals surface area contributed by atoms with E-state index in [0.29, 0.717) is 39.6 Å². The first-order valence-corrected chi connectivity index (χ1v) is 12.6. The van der Waals surface area contributed by atoms with Gasteiger partial charge in [-0.2, -0.15) is 0 Å². The van der Waals surface area contributed by atoms with Crippen molar-refractivity contribution in [1.82, 2.24) is 4.90 Å². The SMILES string of the molecule is O=C(O)c1cccc(NC(=O)C2CC(=O)N(CCc3ccc(Cl)cc3)C(=Nc3ccc(Cl)cc3)S2)c1. The number of aromatic carboxylic acids is 1. The number of amides is 2. The minimum atomic E-state index is -1.10. The summed E-state index contributed by atoms with van der Waals surface area (Å²) in [6.07, 6.45) is 0.567. The van der Waals surface area contributed by atoms with Gasteiger partial charge in [0.25, 0.3) is 0 Å². The van der Waals surface area contributed by atoms with Crippen LogP contribution in [0.1, 0.15) is 22.3 Å². The number of benzene rings is 3. The number of carboxylic acids is 1. The van der Waals surface area contributed by atoms with E-state index in [9.17, 15) is 19.5 Å². The molecule has 0 aromatic heterocycles.